The minimum Gasteiger partial charge on any atom is -0.510 e. The van der Waals surface area contributed by atoms with E-state index < -0.39 is 0 Å². The maximum atomic E-state index is 12.7. The Labute approximate surface area is 160 Å². The molecule has 0 aromatic carbocycles. The van der Waals surface area contributed by atoms with Crippen LogP contribution in [0.2, 0.25) is 0 Å². The lowest BCUT2D eigenvalue weighted by Crippen LogP contribution is -2.44. The molecule has 146 valence electrons. The summed E-state index contributed by atoms with van der Waals surface area (Å²) < 4.78 is 0. The largest absolute Gasteiger partial charge is 0.510 e. The molecule has 27 heavy (non-hydrogen) atoms. The van der Waals surface area contributed by atoms with Crippen molar-refractivity contribution >= 4 is 11.7 Å². The van der Waals surface area contributed by atoms with Gasteiger partial charge in [-0.3, -0.25) is 4.79 Å². The average Bonchev–Trinajstić information content (AvgIpc) is 3.35. The van der Waals surface area contributed by atoms with Gasteiger partial charge in [-0.05, 0) is 67.1 Å². The van der Waals surface area contributed by atoms with Crippen molar-refractivity contribution in [3.63, 3.8) is 0 Å². The molecule has 2 N–H and O–H groups in total. The molecule has 2 aliphatic heterocycles. The molecular weight excluding hydrogens is 340 g/mol. The molecule has 6 rings (SSSR count). The third kappa shape index (κ3) is 2.35. The molecule has 1 saturated heterocycles. The Morgan fingerprint density at radius 3 is 3.04 bits per heavy atom. The summed E-state index contributed by atoms with van der Waals surface area (Å²) in [6.45, 7) is 3.64. The summed E-state index contributed by atoms with van der Waals surface area (Å²) in [4.78, 5) is 20.9. The topological polar surface area (TPSA) is 68.2 Å². The van der Waals surface area contributed by atoms with Gasteiger partial charge in [0.05, 0.1) is 25.8 Å². The molecular formula is C21H30N4O2. The molecule has 3 bridgehead atoms. The van der Waals surface area contributed by atoms with E-state index in [1.807, 2.05) is 4.90 Å². The number of amidine groups is 1. The van der Waals surface area contributed by atoms with Gasteiger partial charge in [-0.25, -0.2) is 4.99 Å². The summed E-state index contributed by atoms with van der Waals surface area (Å²) >= 11 is 0. The predicted octanol–water partition coefficient (Wildman–Crippen LogP) is 2.10. The highest BCUT2D eigenvalue weighted by atomic mass is 16.3. The molecule has 2 heterocycles. The van der Waals surface area contributed by atoms with E-state index in [1.165, 1.54) is 44.7 Å². The van der Waals surface area contributed by atoms with Crippen molar-refractivity contribution in [1.82, 2.24) is 15.1 Å². The van der Waals surface area contributed by atoms with Gasteiger partial charge in [-0.2, -0.15) is 0 Å². The van der Waals surface area contributed by atoms with Crippen LogP contribution in [0.4, 0.5) is 0 Å². The van der Waals surface area contributed by atoms with Crippen molar-refractivity contribution in [2.24, 2.45) is 33.6 Å². The Balaban J connectivity index is 1.01. The van der Waals surface area contributed by atoms with Gasteiger partial charge >= 0.3 is 0 Å². The van der Waals surface area contributed by atoms with Crippen LogP contribution in [0.5, 0.6) is 0 Å². The first-order valence-corrected chi connectivity index (χ1v) is 10.7. The van der Waals surface area contributed by atoms with Crippen molar-refractivity contribution < 1.29 is 9.90 Å². The second-order valence-corrected chi connectivity index (χ2v) is 10.3. The maximum absolute atomic E-state index is 12.7. The van der Waals surface area contributed by atoms with Crippen LogP contribution in [-0.4, -0.2) is 59.5 Å². The van der Waals surface area contributed by atoms with Gasteiger partial charge in [0.2, 0.25) is 5.91 Å². The van der Waals surface area contributed by atoms with E-state index in [-0.39, 0.29) is 5.91 Å². The second kappa shape index (κ2) is 5.49. The summed E-state index contributed by atoms with van der Waals surface area (Å²) in [7, 11) is 0. The number of carbonyl (C=O) groups excluding carboxylic acids is 1. The second-order valence-electron chi connectivity index (χ2n) is 10.3. The average molecular weight is 370 g/mol. The normalized spacial score (nSPS) is 43.8. The highest BCUT2D eigenvalue weighted by Crippen LogP contribution is 2.78. The summed E-state index contributed by atoms with van der Waals surface area (Å²) in [5.41, 5.74) is 1.21. The number of aliphatic imine (C=N–C) groups is 1. The molecule has 0 aromatic heterocycles. The zero-order chi connectivity index (χ0) is 18.2. The van der Waals surface area contributed by atoms with Crippen LogP contribution in [0.1, 0.15) is 44.9 Å². The van der Waals surface area contributed by atoms with Crippen molar-refractivity contribution in [2.45, 2.75) is 44.9 Å². The molecule has 4 saturated carbocycles. The van der Waals surface area contributed by atoms with Gasteiger partial charge in [0.1, 0.15) is 11.6 Å². The molecule has 0 radical (unpaired) electrons. The molecule has 1 spiro atoms. The van der Waals surface area contributed by atoms with E-state index >= 15 is 0 Å². The van der Waals surface area contributed by atoms with Crippen LogP contribution < -0.4 is 5.32 Å². The van der Waals surface area contributed by atoms with Crippen LogP contribution in [-0.2, 0) is 4.79 Å². The fraction of sp³-hybridized carbons (Fsp3) is 0.810. The van der Waals surface area contributed by atoms with Crippen LogP contribution in [0.3, 0.4) is 0 Å². The lowest BCUT2D eigenvalue weighted by atomic mass is 9.55. The molecule has 4 aliphatic carbocycles. The highest BCUT2D eigenvalue weighted by molar-refractivity contribution is 5.87. The van der Waals surface area contributed by atoms with Crippen molar-refractivity contribution in [3.05, 3.63) is 12.0 Å². The van der Waals surface area contributed by atoms with Crippen LogP contribution in [0, 0.1) is 28.6 Å². The first kappa shape index (κ1) is 16.4. The number of carbonyl (C=O) groups is 1. The number of hydrogen-bond acceptors (Lipinski definition) is 5. The van der Waals surface area contributed by atoms with E-state index in [0.717, 1.165) is 48.6 Å². The smallest absolute Gasteiger partial charge is 0.238 e. The zero-order valence-electron chi connectivity index (χ0n) is 16.0. The lowest BCUT2D eigenvalue weighted by molar-refractivity contribution is -0.129. The third-order valence-corrected chi connectivity index (χ3v) is 8.76. The molecule has 6 heteroatoms. The van der Waals surface area contributed by atoms with Crippen LogP contribution >= 0.6 is 0 Å². The highest BCUT2D eigenvalue weighted by Gasteiger charge is 2.70. The van der Waals surface area contributed by atoms with Gasteiger partial charge in [0.25, 0.3) is 0 Å². The number of hydrogen-bond donors (Lipinski definition) is 2. The number of rotatable bonds is 4. The molecule has 6 nitrogen and oxygen atoms in total. The number of nitrogens with one attached hydrogen (secondary N) is 1. The van der Waals surface area contributed by atoms with Crippen molar-refractivity contribution in [3.8, 4) is 0 Å². The standard InChI is InChI=1S/C21H30N4O2/c26-17-5-18(23-9-17)24-1-2-25(13-24)19(27)10-22-12-20-6-14-3-15-4-16(8-20)21(15,7-14)11-20/h9,14-16,22,26H,1-8,10-13H2. The Morgan fingerprint density at radius 1 is 1.26 bits per heavy atom. The van der Waals surface area contributed by atoms with E-state index in [1.54, 1.807) is 0 Å². The number of nitrogens with zero attached hydrogens (tertiary/aromatic N) is 3. The Hall–Kier alpha value is -1.56. The maximum Gasteiger partial charge on any atom is 0.238 e. The van der Waals surface area contributed by atoms with Crippen molar-refractivity contribution in [1.29, 1.82) is 0 Å². The Bertz CT molecular complexity index is 744. The lowest BCUT2D eigenvalue weighted by Gasteiger charge is -2.49. The van der Waals surface area contributed by atoms with Gasteiger partial charge in [0, 0.05) is 19.6 Å². The predicted molar refractivity (Wildman–Crippen MR) is 102 cm³/mol. The molecule has 5 fully saturated rings. The van der Waals surface area contributed by atoms with E-state index in [4.69, 9.17) is 0 Å². The van der Waals surface area contributed by atoms with Crippen LogP contribution in [0.25, 0.3) is 0 Å². The molecule has 5 unspecified atom stereocenters. The first-order valence-electron chi connectivity index (χ1n) is 10.7. The Kier molecular flexibility index (Phi) is 3.34. The fourth-order valence-electron chi connectivity index (χ4n) is 7.89. The Morgan fingerprint density at radius 2 is 2.19 bits per heavy atom. The SMILES string of the molecule is O=C(CNCC12CC3CC4CC(C1)C4(C3)C2)N1CCN(C2=NC=C(O)C2)C1. The molecule has 0 aromatic rings. The van der Waals surface area contributed by atoms with E-state index in [9.17, 15) is 9.90 Å². The van der Waals surface area contributed by atoms with Crippen molar-refractivity contribution in [2.75, 3.05) is 32.8 Å². The fourth-order valence-corrected chi connectivity index (χ4v) is 7.89. The summed E-state index contributed by atoms with van der Waals surface area (Å²) in [5, 5.41) is 13.1. The summed E-state index contributed by atoms with van der Waals surface area (Å²) in [6, 6.07) is 0. The van der Waals surface area contributed by atoms with E-state index in [2.05, 4.69) is 15.2 Å². The number of aliphatic hydroxyl groups is 1. The van der Waals surface area contributed by atoms with Crippen LogP contribution in [0.15, 0.2) is 17.0 Å². The molecule has 5 atom stereocenters. The quantitative estimate of drug-likeness (QED) is 0.795. The number of amides is 1. The van der Waals surface area contributed by atoms with Gasteiger partial charge in [0.15, 0.2) is 0 Å². The zero-order valence-corrected chi connectivity index (χ0v) is 16.0. The minimum atomic E-state index is 0.195. The minimum absolute atomic E-state index is 0.195. The third-order valence-electron chi connectivity index (χ3n) is 8.76. The molecule has 6 aliphatic rings. The molecule has 1 amide bonds. The van der Waals surface area contributed by atoms with Gasteiger partial charge in [-0.15, -0.1) is 0 Å². The van der Waals surface area contributed by atoms with Gasteiger partial charge < -0.3 is 20.2 Å². The first-order chi connectivity index (χ1) is 13.1. The summed E-state index contributed by atoms with van der Waals surface area (Å²) in [6.07, 6.45) is 10.8. The number of fused-ring (bicyclic) bond motifs is 2. The monoisotopic (exact) mass is 370 g/mol. The summed E-state index contributed by atoms with van der Waals surface area (Å²) in [5.74, 6) is 4.39. The van der Waals surface area contributed by atoms with E-state index in [0.29, 0.717) is 30.8 Å². The van der Waals surface area contributed by atoms with Gasteiger partial charge in [-0.1, -0.05) is 0 Å². The number of aliphatic hydroxyl groups excluding tert-OH is 1.